The lowest BCUT2D eigenvalue weighted by Crippen LogP contribution is -2.34. The van der Waals surface area contributed by atoms with Gasteiger partial charge in [-0.1, -0.05) is 0 Å². The van der Waals surface area contributed by atoms with Gasteiger partial charge in [-0.05, 0) is 37.3 Å². The van der Waals surface area contributed by atoms with E-state index in [1.54, 1.807) is 0 Å². The molecule has 0 bridgehead atoms. The zero-order chi connectivity index (χ0) is 20.5. The molecule has 1 aromatic rings. The molecule has 170 valence electrons. The molecule has 0 radical (unpaired) electrons. The summed E-state index contributed by atoms with van der Waals surface area (Å²) >= 11 is 0. The van der Waals surface area contributed by atoms with Crippen molar-refractivity contribution < 1.29 is 22.6 Å². The Bertz CT molecular complexity index is 800. The predicted molar refractivity (Wildman–Crippen MR) is 129 cm³/mol. The standard InChI is InChI=1S/C20H31N3O5S.HI/c1-29(24,25)13-9-22-20(21-8-2-10-26-15-16-4-5-16)23-17-6-7-18-19(14-17)28-12-3-11-27-18;/h6-7,14,16H,2-5,8-13,15H2,1H3,(H2,21,22,23);1H. The molecule has 2 N–H and O–H groups in total. The molecule has 0 atom stereocenters. The van der Waals surface area contributed by atoms with E-state index in [0.29, 0.717) is 38.1 Å². The Morgan fingerprint density at radius 1 is 1.23 bits per heavy atom. The summed E-state index contributed by atoms with van der Waals surface area (Å²) in [6.07, 6.45) is 5.45. The fraction of sp³-hybridized carbons (Fsp3) is 0.650. The number of fused-ring (bicyclic) bond motifs is 1. The fourth-order valence-corrected chi connectivity index (χ4v) is 3.24. The molecule has 1 saturated carbocycles. The molecule has 1 aliphatic heterocycles. The van der Waals surface area contributed by atoms with Crippen LogP contribution in [-0.4, -0.2) is 65.9 Å². The van der Waals surface area contributed by atoms with Crippen molar-refractivity contribution >= 4 is 45.5 Å². The third-order valence-corrected chi connectivity index (χ3v) is 5.49. The molecule has 1 aliphatic carbocycles. The number of nitrogens with one attached hydrogen (secondary N) is 2. The van der Waals surface area contributed by atoms with Gasteiger partial charge >= 0.3 is 0 Å². The second kappa shape index (κ2) is 12.6. The van der Waals surface area contributed by atoms with Crippen molar-refractivity contribution in [1.29, 1.82) is 0 Å². The summed E-state index contributed by atoms with van der Waals surface area (Å²) in [7, 11) is -3.05. The number of sulfone groups is 1. The zero-order valence-corrected chi connectivity index (χ0v) is 20.5. The second-order valence-electron chi connectivity index (χ2n) is 7.50. The van der Waals surface area contributed by atoms with Crippen LogP contribution < -0.4 is 20.1 Å². The topological polar surface area (TPSA) is 98.3 Å². The molecule has 1 aromatic carbocycles. The van der Waals surface area contributed by atoms with Gasteiger partial charge in [0.2, 0.25) is 0 Å². The van der Waals surface area contributed by atoms with Gasteiger partial charge in [0.1, 0.15) is 9.84 Å². The molecular weight excluding hydrogens is 521 g/mol. The van der Waals surface area contributed by atoms with Crippen LogP contribution >= 0.6 is 24.0 Å². The summed E-state index contributed by atoms with van der Waals surface area (Å²) in [6, 6.07) is 5.62. The van der Waals surface area contributed by atoms with E-state index >= 15 is 0 Å². The number of ether oxygens (including phenoxy) is 3. The Labute approximate surface area is 196 Å². The monoisotopic (exact) mass is 553 g/mol. The molecule has 8 nitrogen and oxygen atoms in total. The lowest BCUT2D eigenvalue weighted by Gasteiger charge is -2.14. The maximum absolute atomic E-state index is 11.4. The molecular formula is C20H32IN3O5S. The molecule has 2 aliphatic rings. The summed E-state index contributed by atoms with van der Waals surface area (Å²) in [4.78, 5) is 4.55. The quantitative estimate of drug-likeness (QED) is 0.199. The summed E-state index contributed by atoms with van der Waals surface area (Å²) in [5.41, 5.74) is 0.796. The van der Waals surface area contributed by atoms with Gasteiger partial charge in [-0.25, -0.2) is 8.42 Å². The Morgan fingerprint density at radius 3 is 2.73 bits per heavy atom. The molecule has 0 spiro atoms. The van der Waals surface area contributed by atoms with Gasteiger partial charge in [-0.15, -0.1) is 24.0 Å². The first-order chi connectivity index (χ1) is 14.0. The smallest absolute Gasteiger partial charge is 0.195 e. The number of anilines is 1. The maximum Gasteiger partial charge on any atom is 0.195 e. The number of guanidine groups is 1. The molecule has 0 amide bonds. The first kappa shape index (κ1) is 25.0. The number of rotatable bonds is 10. The normalized spacial score (nSPS) is 16.4. The number of nitrogens with zero attached hydrogens (tertiary/aromatic N) is 1. The van der Waals surface area contributed by atoms with E-state index in [1.807, 2.05) is 18.2 Å². The zero-order valence-electron chi connectivity index (χ0n) is 17.4. The number of benzene rings is 1. The maximum atomic E-state index is 11.4. The molecule has 1 fully saturated rings. The van der Waals surface area contributed by atoms with Crippen molar-refractivity contribution in [2.45, 2.75) is 25.7 Å². The number of hydrogen-bond acceptors (Lipinski definition) is 6. The van der Waals surface area contributed by atoms with Gasteiger partial charge in [0.25, 0.3) is 0 Å². The SMILES string of the molecule is CS(=O)(=O)CCNC(=NCCCOCC1CC1)Nc1ccc2c(c1)OCCCO2.I. The van der Waals surface area contributed by atoms with Crippen LogP contribution in [0.4, 0.5) is 5.69 Å². The van der Waals surface area contributed by atoms with E-state index in [-0.39, 0.29) is 36.3 Å². The van der Waals surface area contributed by atoms with Gasteiger partial charge in [0.05, 0.1) is 19.0 Å². The van der Waals surface area contributed by atoms with Crippen molar-refractivity contribution in [2.24, 2.45) is 10.9 Å². The van der Waals surface area contributed by atoms with E-state index in [2.05, 4.69) is 15.6 Å². The average molecular weight is 553 g/mol. The van der Waals surface area contributed by atoms with Crippen molar-refractivity contribution in [3.05, 3.63) is 18.2 Å². The van der Waals surface area contributed by atoms with Gasteiger partial charge in [-0.2, -0.15) is 0 Å². The second-order valence-corrected chi connectivity index (χ2v) is 9.76. The van der Waals surface area contributed by atoms with Crippen LogP contribution in [0.2, 0.25) is 0 Å². The first-order valence-corrected chi connectivity index (χ1v) is 12.3. The van der Waals surface area contributed by atoms with Crippen LogP contribution in [0.15, 0.2) is 23.2 Å². The van der Waals surface area contributed by atoms with Crippen LogP contribution in [0, 0.1) is 5.92 Å². The highest BCUT2D eigenvalue weighted by Crippen LogP contribution is 2.32. The summed E-state index contributed by atoms with van der Waals surface area (Å²) in [5, 5.41) is 6.31. The van der Waals surface area contributed by atoms with E-state index in [9.17, 15) is 8.42 Å². The summed E-state index contributed by atoms with van der Waals surface area (Å²) in [6.45, 7) is 3.66. The van der Waals surface area contributed by atoms with Crippen LogP contribution in [0.1, 0.15) is 25.7 Å². The van der Waals surface area contributed by atoms with Crippen LogP contribution in [0.25, 0.3) is 0 Å². The highest BCUT2D eigenvalue weighted by molar-refractivity contribution is 14.0. The minimum Gasteiger partial charge on any atom is -0.490 e. The average Bonchev–Trinajstić information content (AvgIpc) is 3.50. The summed E-state index contributed by atoms with van der Waals surface area (Å²) < 4.78 is 39.8. The molecule has 1 heterocycles. The van der Waals surface area contributed by atoms with E-state index in [4.69, 9.17) is 14.2 Å². The Kier molecular flexibility index (Phi) is 10.5. The van der Waals surface area contributed by atoms with Gasteiger partial charge in [0, 0.05) is 50.7 Å². The minimum atomic E-state index is -3.05. The summed E-state index contributed by atoms with van der Waals surface area (Å²) in [5.74, 6) is 2.75. The molecule has 0 saturated heterocycles. The number of aliphatic imine (C=N–C) groups is 1. The van der Waals surface area contributed by atoms with Crippen LogP contribution in [0.3, 0.4) is 0 Å². The lowest BCUT2D eigenvalue weighted by atomic mass is 10.3. The third-order valence-electron chi connectivity index (χ3n) is 4.54. The first-order valence-electron chi connectivity index (χ1n) is 10.2. The van der Waals surface area contributed by atoms with Gasteiger partial charge < -0.3 is 24.8 Å². The molecule has 0 aromatic heterocycles. The Balaban J connectivity index is 0.00000320. The fourth-order valence-electron chi connectivity index (χ4n) is 2.76. The van der Waals surface area contributed by atoms with E-state index in [0.717, 1.165) is 36.8 Å². The largest absolute Gasteiger partial charge is 0.490 e. The van der Waals surface area contributed by atoms with E-state index in [1.165, 1.54) is 19.1 Å². The van der Waals surface area contributed by atoms with Crippen molar-refractivity contribution in [3.63, 3.8) is 0 Å². The Hall–Kier alpha value is -1.27. The molecule has 0 unspecified atom stereocenters. The predicted octanol–water partition coefficient (Wildman–Crippen LogP) is 2.68. The molecule has 3 rings (SSSR count). The van der Waals surface area contributed by atoms with Gasteiger partial charge in [0.15, 0.2) is 17.5 Å². The van der Waals surface area contributed by atoms with Gasteiger partial charge in [-0.3, -0.25) is 4.99 Å². The number of hydrogen-bond donors (Lipinski definition) is 2. The minimum absolute atomic E-state index is 0. The van der Waals surface area contributed by atoms with Crippen molar-refractivity contribution in [2.75, 3.05) is 56.8 Å². The molecule has 30 heavy (non-hydrogen) atoms. The third kappa shape index (κ3) is 9.69. The highest BCUT2D eigenvalue weighted by atomic mass is 127. The van der Waals surface area contributed by atoms with Crippen molar-refractivity contribution in [3.8, 4) is 11.5 Å². The lowest BCUT2D eigenvalue weighted by molar-refractivity contribution is 0.123. The van der Waals surface area contributed by atoms with Crippen LogP contribution in [-0.2, 0) is 14.6 Å². The van der Waals surface area contributed by atoms with E-state index < -0.39 is 9.84 Å². The highest BCUT2D eigenvalue weighted by Gasteiger charge is 2.20. The van der Waals surface area contributed by atoms with Crippen LogP contribution in [0.5, 0.6) is 11.5 Å². The molecule has 10 heteroatoms. The number of halogens is 1. The van der Waals surface area contributed by atoms with Crippen molar-refractivity contribution in [1.82, 2.24) is 5.32 Å². The Morgan fingerprint density at radius 2 is 2.00 bits per heavy atom.